The summed E-state index contributed by atoms with van der Waals surface area (Å²) in [6, 6.07) is 7.45. The van der Waals surface area contributed by atoms with Crippen LogP contribution in [-0.2, 0) is 4.79 Å². The minimum atomic E-state index is -0.186. The Hall–Kier alpha value is -3.27. The Balaban J connectivity index is 1.75. The van der Waals surface area contributed by atoms with Gasteiger partial charge in [0.1, 0.15) is 5.75 Å². The highest BCUT2D eigenvalue weighted by atomic mass is 16.5. The van der Waals surface area contributed by atoms with E-state index in [9.17, 15) is 9.59 Å². The van der Waals surface area contributed by atoms with Crippen LogP contribution in [0.25, 0.3) is 11.3 Å². The molecule has 2 amide bonds. The van der Waals surface area contributed by atoms with Crippen LogP contribution in [0.2, 0.25) is 0 Å². The summed E-state index contributed by atoms with van der Waals surface area (Å²) in [7, 11) is 1.61. The molecule has 3 rings (SSSR count). The van der Waals surface area contributed by atoms with Crippen molar-refractivity contribution in [3.05, 3.63) is 36.0 Å². The Kier molecular flexibility index (Phi) is 5.77. The van der Waals surface area contributed by atoms with E-state index in [1.165, 1.54) is 0 Å². The van der Waals surface area contributed by atoms with Gasteiger partial charge in [-0.15, -0.1) is 0 Å². The van der Waals surface area contributed by atoms with E-state index in [0.717, 1.165) is 17.7 Å². The fourth-order valence-corrected chi connectivity index (χ4v) is 3.11. The van der Waals surface area contributed by atoms with Gasteiger partial charge in [-0.1, -0.05) is 5.92 Å². The fourth-order valence-electron chi connectivity index (χ4n) is 3.11. The van der Waals surface area contributed by atoms with Crippen LogP contribution in [0.15, 0.2) is 30.5 Å². The molecule has 27 heavy (non-hydrogen) atoms. The molecule has 1 aliphatic rings. The molecular formula is C20H22N4O3. The van der Waals surface area contributed by atoms with E-state index < -0.39 is 0 Å². The monoisotopic (exact) mass is 366 g/mol. The standard InChI is InChI=1S/C20H22N4O3/c1-3-5-18(25)23-10-4-11-24(13-12-23)20(26)17-14-21-22-19(17)15-6-8-16(27-2)9-7-15/h6-9,14H,4,10-13H2,1-2H3,(H,21,22). The van der Waals surface area contributed by atoms with E-state index in [4.69, 9.17) is 4.74 Å². The summed E-state index contributed by atoms with van der Waals surface area (Å²) in [5.74, 6) is 5.67. The van der Waals surface area contributed by atoms with Crippen LogP contribution in [0.3, 0.4) is 0 Å². The number of nitrogens with one attached hydrogen (secondary N) is 1. The molecular weight excluding hydrogens is 344 g/mol. The van der Waals surface area contributed by atoms with Crippen molar-refractivity contribution in [2.75, 3.05) is 33.3 Å². The number of hydrogen-bond donors (Lipinski definition) is 1. The van der Waals surface area contributed by atoms with Crippen molar-refractivity contribution in [3.63, 3.8) is 0 Å². The quantitative estimate of drug-likeness (QED) is 0.840. The lowest BCUT2D eigenvalue weighted by Gasteiger charge is -2.21. The minimum Gasteiger partial charge on any atom is -0.497 e. The van der Waals surface area contributed by atoms with Crippen LogP contribution < -0.4 is 4.74 Å². The third-order valence-electron chi connectivity index (χ3n) is 4.55. The maximum atomic E-state index is 13.0. The summed E-state index contributed by atoms with van der Waals surface area (Å²) < 4.78 is 5.18. The molecule has 0 radical (unpaired) electrons. The Morgan fingerprint density at radius 3 is 2.52 bits per heavy atom. The average molecular weight is 366 g/mol. The predicted molar refractivity (Wildman–Crippen MR) is 101 cm³/mol. The number of rotatable bonds is 3. The van der Waals surface area contributed by atoms with Gasteiger partial charge in [-0.2, -0.15) is 5.10 Å². The number of aromatic amines is 1. The SMILES string of the molecule is CC#CC(=O)N1CCCN(C(=O)c2cn[nH]c2-c2ccc(OC)cc2)CC1. The number of benzene rings is 1. The van der Waals surface area contributed by atoms with Crippen molar-refractivity contribution < 1.29 is 14.3 Å². The molecule has 1 aliphatic heterocycles. The van der Waals surface area contributed by atoms with Crippen molar-refractivity contribution in [1.82, 2.24) is 20.0 Å². The summed E-state index contributed by atoms with van der Waals surface area (Å²) in [4.78, 5) is 28.5. The third kappa shape index (κ3) is 4.11. The second-order valence-corrected chi connectivity index (χ2v) is 6.20. The summed E-state index contributed by atoms with van der Waals surface area (Å²) in [5, 5.41) is 6.98. The topological polar surface area (TPSA) is 78.5 Å². The number of carbonyl (C=O) groups is 2. The van der Waals surface area contributed by atoms with Crippen LogP contribution in [-0.4, -0.2) is 65.1 Å². The van der Waals surface area contributed by atoms with Gasteiger partial charge >= 0.3 is 0 Å². The lowest BCUT2D eigenvalue weighted by molar-refractivity contribution is -0.124. The number of hydrogen-bond acceptors (Lipinski definition) is 4. The summed E-state index contributed by atoms with van der Waals surface area (Å²) in [6.07, 6.45) is 2.27. The summed E-state index contributed by atoms with van der Waals surface area (Å²) >= 11 is 0. The number of H-pyrrole nitrogens is 1. The van der Waals surface area contributed by atoms with Crippen molar-refractivity contribution >= 4 is 11.8 Å². The number of carbonyl (C=O) groups excluding carboxylic acids is 2. The molecule has 2 heterocycles. The molecule has 0 unspecified atom stereocenters. The first-order valence-electron chi connectivity index (χ1n) is 8.82. The average Bonchev–Trinajstić information content (AvgIpc) is 3.05. The van der Waals surface area contributed by atoms with Crippen LogP contribution in [0.5, 0.6) is 5.75 Å². The first-order valence-corrected chi connectivity index (χ1v) is 8.82. The van der Waals surface area contributed by atoms with E-state index in [1.54, 1.807) is 30.0 Å². The van der Waals surface area contributed by atoms with Crippen molar-refractivity contribution in [2.45, 2.75) is 13.3 Å². The van der Waals surface area contributed by atoms with Gasteiger partial charge in [-0.3, -0.25) is 14.7 Å². The minimum absolute atomic E-state index is 0.0922. The Bertz CT molecular complexity index is 877. The molecule has 0 spiro atoms. The molecule has 1 saturated heterocycles. The predicted octanol–water partition coefficient (Wildman–Crippen LogP) is 1.78. The number of methoxy groups -OCH3 is 1. The molecule has 1 aromatic carbocycles. The molecule has 0 saturated carbocycles. The molecule has 7 nitrogen and oxygen atoms in total. The van der Waals surface area contributed by atoms with Gasteiger partial charge in [0.05, 0.1) is 24.6 Å². The molecule has 1 N–H and O–H groups in total. The summed E-state index contributed by atoms with van der Waals surface area (Å²) in [6.45, 7) is 3.80. The Morgan fingerprint density at radius 2 is 1.81 bits per heavy atom. The number of ether oxygens (including phenoxy) is 1. The van der Waals surface area contributed by atoms with Crippen LogP contribution in [0, 0.1) is 11.8 Å². The lowest BCUT2D eigenvalue weighted by Crippen LogP contribution is -2.37. The maximum absolute atomic E-state index is 13.0. The molecule has 1 aromatic heterocycles. The molecule has 2 aromatic rings. The highest BCUT2D eigenvalue weighted by Gasteiger charge is 2.25. The second-order valence-electron chi connectivity index (χ2n) is 6.20. The molecule has 0 bridgehead atoms. The van der Waals surface area contributed by atoms with E-state index in [0.29, 0.717) is 37.4 Å². The van der Waals surface area contributed by atoms with Gasteiger partial charge in [-0.25, -0.2) is 0 Å². The summed E-state index contributed by atoms with van der Waals surface area (Å²) in [5.41, 5.74) is 2.06. The van der Waals surface area contributed by atoms with Crippen molar-refractivity contribution in [3.8, 4) is 28.8 Å². The molecule has 1 fully saturated rings. The second kappa shape index (κ2) is 8.41. The number of aromatic nitrogens is 2. The zero-order valence-corrected chi connectivity index (χ0v) is 15.5. The van der Waals surface area contributed by atoms with Gasteiger partial charge in [0.15, 0.2) is 0 Å². The molecule has 0 aliphatic carbocycles. The van der Waals surface area contributed by atoms with Gasteiger partial charge in [0.2, 0.25) is 0 Å². The maximum Gasteiger partial charge on any atom is 0.298 e. The van der Waals surface area contributed by atoms with E-state index in [-0.39, 0.29) is 11.8 Å². The highest BCUT2D eigenvalue weighted by Crippen LogP contribution is 2.25. The smallest absolute Gasteiger partial charge is 0.298 e. The van der Waals surface area contributed by atoms with Gasteiger partial charge in [-0.05, 0) is 43.5 Å². The zero-order valence-electron chi connectivity index (χ0n) is 15.5. The fraction of sp³-hybridized carbons (Fsp3) is 0.350. The van der Waals surface area contributed by atoms with Crippen LogP contribution in [0.4, 0.5) is 0 Å². The largest absolute Gasteiger partial charge is 0.497 e. The first-order chi connectivity index (χ1) is 13.1. The Labute approximate surface area is 158 Å². The van der Waals surface area contributed by atoms with Gasteiger partial charge in [0.25, 0.3) is 11.8 Å². The number of nitrogens with zero attached hydrogens (tertiary/aromatic N) is 3. The van der Waals surface area contributed by atoms with Crippen molar-refractivity contribution in [2.24, 2.45) is 0 Å². The van der Waals surface area contributed by atoms with Crippen LogP contribution in [0.1, 0.15) is 23.7 Å². The van der Waals surface area contributed by atoms with Gasteiger partial charge < -0.3 is 14.5 Å². The van der Waals surface area contributed by atoms with Crippen LogP contribution >= 0.6 is 0 Å². The van der Waals surface area contributed by atoms with E-state index >= 15 is 0 Å². The van der Waals surface area contributed by atoms with Gasteiger partial charge in [0, 0.05) is 31.7 Å². The first kappa shape index (κ1) is 18.5. The zero-order chi connectivity index (χ0) is 19.2. The van der Waals surface area contributed by atoms with E-state index in [1.807, 2.05) is 24.3 Å². The number of amides is 2. The third-order valence-corrected chi connectivity index (χ3v) is 4.55. The molecule has 7 heteroatoms. The van der Waals surface area contributed by atoms with Crippen molar-refractivity contribution in [1.29, 1.82) is 0 Å². The highest BCUT2D eigenvalue weighted by molar-refractivity contribution is 6.00. The molecule has 140 valence electrons. The Morgan fingerprint density at radius 1 is 1.11 bits per heavy atom. The lowest BCUT2D eigenvalue weighted by atomic mass is 10.1. The molecule has 0 atom stereocenters. The van der Waals surface area contributed by atoms with E-state index in [2.05, 4.69) is 22.0 Å². The normalized spacial score (nSPS) is 14.1.